The van der Waals surface area contributed by atoms with Crippen molar-refractivity contribution < 1.29 is 30.7 Å². The van der Waals surface area contributed by atoms with Gasteiger partial charge < -0.3 is 14.5 Å². The summed E-state index contributed by atoms with van der Waals surface area (Å²) < 4.78 is 86.1. The van der Waals surface area contributed by atoms with Gasteiger partial charge in [0.15, 0.2) is 9.84 Å². The summed E-state index contributed by atoms with van der Waals surface area (Å²) in [6, 6.07) is 7.52. The Morgan fingerprint density at radius 3 is 2.76 bits per heavy atom. The minimum absolute atomic E-state index is 0.00583. The Hall–Kier alpha value is -4.09. The second-order valence-electron chi connectivity index (χ2n) is 9.73. The summed E-state index contributed by atoms with van der Waals surface area (Å²) in [6.07, 6.45) is -4.58. The highest BCUT2D eigenvalue weighted by atomic mass is 32.2. The van der Waals surface area contributed by atoms with E-state index in [0.717, 1.165) is 6.26 Å². The molecule has 1 aliphatic rings. The molecule has 41 heavy (non-hydrogen) atoms. The maximum absolute atomic E-state index is 15.0. The normalized spacial score (nSPS) is 15.8. The van der Waals surface area contributed by atoms with Gasteiger partial charge in [-0.3, -0.25) is 10.00 Å². The zero-order valence-corrected chi connectivity index (χ0v) is 23.1. The number of halogens is 4. The number of methoxy groups -OCH3 is 1. The molecule has 0 unspecified atom stereocenters. The van der Waals surface area contributed by atoms with Crippen LogP contribution < -0.4 is 10.1 Å². The van der Waals surface area contributed by atoms with E-state index in [0.29, 0.717) is 34.7 Å². The highest BCUT2D eigenvalue weighted by molar-refractivity contribution is 7.90. The van der Waals surface area contributed by atoms with Crippen LogP contribution in [-0.4, -0.2) is 72.6 Å². The number of imidazole rings is 1. The van der Waals surface area contributed by atoms with Crippen molar-refractivity contribution in [3.8, 4) is 28.8 Å². The molecule has 0 spiro atoms. The van der Waals surface area contributed by atoms with E-state index in [1.807, 2.05) is 0 Å². The zero-order valence-electron chi connectivity index (χ0n) is 22.3. The van der Waals surface area contributed by atoms with E-state index in [2.05, 4.69) is 32.3 Å². The maximum atomic E-state index is 15.0. The molecule has 9 nitrogen and oxygen atoms in total. The Morgan fingerprint density at radius 2 is 2.05 bits per heavy atom. The smallest absolute Gasteiger partial charge is 0.394 e. The number of ether oxygens (including phenoxy) is 1. The lowest BCUT2D eigenvalue weighted by molar-refractivity contribution is -0.128. The van der Waals surface area contributed by atoms with E-state index < -0.39 is 28.6 Å². The number of sulfone groups is 1. The SMILES string of the molecule is COc1cc(S(C)(=O)=O)ccc1NCC#Cc1nc2c(-c3[nH]nc4c3[C@H](F)CN(C)C4)cccn2c1CC(F)(F)F. The Balaban J connectivity index is 1.50. The van der Waals surface area contributed by atoms with Gasteiger partial charge in [0.2, 0.25) is 0 Å². The van der Waals surface area contributed by atoms with Crippen molar-refractivity contribution in [1.82, 2.24) is 24.5 Å². The van der Waals surface area contributed by atoms with Gasteiger partial charge in [0.25, 0.3) is 0 Å². The van der Waals surface area contributed by atoms with Crippen LogP contribution in [0.2, 0.25) is 0 Å². The molecule has 5 rings (SSSR count). The Bertz CT molecular complexity index is 1790. The molecule has 0 fully saturated rings. The number of alkyl halides is 4. The first kappa shape index (κ1) is 28.4. The molecule has 4 heterocycles. The summed E-state index contributed by atoms with van der Waals surface area (Å²) in [5.74, 6) is 5.78. The van der Waals surface area contributed by atoms with Gasteiger partial charge in [-0.15, -0.1) is 0 Å². The van der Waals surface area contributed by atoms with E-state index in [-0.39, 0.29) is 40.8 Å². The molecule has 3 aromatic heterocycles. The van der Waals surface area contributed by atoms with Crippen molar-refractivity contribution in [3.63, 3.8) is 0 Å². The number of nitrogens with one attached hydrogen (secondary N) is 2. The molecule has 0 saturated carbocycles. The fourth-order valence-corrected chi connectivity index (χ4v) is 5.46. The molecular formula is C27H26F4N6O3S. The topological polar surface area (TPSA) is 105 Å². The lowest BCUT2D eigenvalue weighted by Gasteiger charge is -2.25. The van der Waals surface area contributed by atoms with Crippen LogP contribution in [0.5, 0.6) is 5.75 Å². The minimum atomic E-state index is -4.53. The fourth-order valence-electron chi connectivity index (χ4n) is 4.82. The zero-order chi connectivity index (χ0) is 29.5. The molecule has 14 heteroatoms. The van der Waals surface area contributed by atoms with Crippen LogP contribution in [0.15, 0.2) is 41.4 Å². The molecule has 4 aromatic rings. The Kier molecular flexibility index (Phi) is 7.43. The molecule has 0 bridgehead atoms. The average Bonchev–Trinajstić information content (AvgIpc) is 3.46. The number of hydrogen-bond acceptors (Lipinski definition) is 7. The summed E-state index contributed by atoms with van der Waals surface area (Å²) in [7, 11) is -0.278. The molecule has 216 valence electrons. The van der Waals surface area contributed by atoms with Crippen LogP contribution >= 0.6 is 0 Å². The molecule has 0 amide bonds. The maximum Gasteiger partial charge on any atom is 0.394 e. The number of pyridine rings is 1. The average molecular weight is 591 g/mol. The molecule has 0 radical (unpaired) electrons. The molecular weight excluding hydrogens is 564 g/mol. The summed E-state index contributed by atoms with van der Waals surface area (Å²) >= 11 is 0. The second kappa shape index (κ2) is 10.7. The van der Waals surface area contributed by atoms with Gasteiger partial charge in [-0.05, 0) is 37.2 Å². The number of nitrogens with zero attached hydrogens (tertiary/aromatic N) is 4. The third-order valence-corrected chi connectivity index (χ3v) is 7.76. The van der Waals surface area contributed by atoms with E-state index in [1.165, 1.54) is 35.9 Å². The number of fused-ring (bicyclic) bond motifs is 2. The van der Waals surface area contributed by atoms with Crippen LogP contribution in [0.25, 0.3) is 16.9 Å². The van der Waals surface area contributed by atoms with E-state index in [1.54, 1.807) is 24.1 Å². The number of rotatable bonds is 6. The van der Waals surface area contributed by atoms with Crippen LogP contribution in [0.3, 0.4) is 0 Å². The predicted molar refractivity (Wildman–Crippen MR) is 144 cm³/mol. The van der Waals surface area contributed by atoms with E-state index >= 15 is 4.39 Å². The molecule has 1 atom stereocenters. The number of aromatic amines is 1. The van der Waals surface area contributed by atoms with Crippen LogP contribution in [0.4, 0.5) is 23.2 Å². The summed E-state index contributed by atoms with van der Waals surface area (Å²) in [5.41, 5.74) is 2.14. The quantitative estimate of drug-likeness (QED) is 0.257. The van der Waals surface area contributed by atoms with Gasteiger partial charge in [-0.2, -0.15) is 18.3 Å². The molecule has 1 aliphatic heterocycles. The first-order valence-corrected chi connectivity index (χ1v) is 14.3. The van der Waals surface area contributed by atoms with Crippen molar-refractivity contribution in [2.75, 3.05) is 38.8 Å². The van der Waals surface area contributed by atoms with Crippen molar-refractivity contribution in [3.05, 3.63) is 59.2 Å². The van der Waals surface area contributed by atoms with Crippen molar-refractivity contribution >= 4 is 21.2 Å². The Morgan fingerprint density at radius 1 is 1.27 bits per heavy atom. The van der Waals surface area contributed by atoms with Crippen molar-refractivity contribution in [2.24, 2.45) is 0 Å². The standard InChI is InChI=1S/C27H26F4N6O3S/c1-36-14-18(28)24-21(15-36)34-35-25(24)17-6-5-11-37-22(13-27(29,30)31)19(33-26(17)37)7-4-10-32-20-9-8-16(41(3,38)39)12-23(20)40-2/h5-6,8-9,11-12,18,32H,10,13-15H2,1-3H3,(H,34,35)/t18-/m1/s1. The summed E-state index contributed by atoms with van der Waals surface area (Å²) in [4.78, 5) is 6.32. The molecule has 2 N–H and O–H groups in total. The highest BCUT2D eigenvalue weighted by Crippen LogP contribution is 2.37. The number of hydrogen-bond donors (Lipinski definition) is 2. The minimum Gasteiger partial charge on any atom is -0.495 e. The molecule has 1 aromatic carbocycles. The van der Waals surface area contributed by atoms with Crippen LogP contribution in [0.1, 0.15) is 28.8 Å². The molecule has 0 aliphatic carbocycles. The summed E-state index contributed by atoms with van der Waals surface area (Å²) in [5, 5.41) is 10.1. The van der Waals surface area contributed by atoms with E-state index in [9.17, 15) is 21.6 Å². The van der Waals surface area contributed by atoms with Gasteiger partial charge in [0, 0.05) is 42.7 Å². The van der Waals surface area contributed by atoms with Gasteiger partial charge in [-0.1, -0.05) is 5.92 Å². The van der Waals surface area contributed by atoms with Gasteiger partial charge >= 0.3 is 6.18 Å². The van der Waals surface area contributed by atoms with Crippen molar-refractivity contribution in [2.45, 2.75) is 30.2 Å². The third kappa shape index (κ3) is 5.86. The van der Waals surface area contributed by atoms with Gasteiger partial charge in [0.1, 0.15) is 23.3 Å². The lowest BCUT2D eigenvalue weighted by Crippen LogP contribution is -2.28. The lowest BCUT2D eigenvalue weighted by atomic mass is 9.99. The largest absolute Gasteiger partial charge is 0.495 e. The third-order valence-electron chi connectivity index (χ3n) is 6.65. The van der Waals surface area contributed by atoms with Gasteiger partial charge in [0.05, 0.1) is 47.7 Å². The fraction of sp³-hybridized carbons (Fsp3) is 0.333. The monoisotopic (exact) mass is 590 g/mol. The summed E-state index contributed by atoms with van der Waals surface area (Å²) in [6.45, 7) is 0.614. The molecule has 0 saturated heterocycles. The first-order chi connectivity index (χ1) is 19.4. The number of H-pyrrole nitrogens is 1. The number of anilines is 1. The number of benzene rings is 1. The Labute approximate surface area is 233 Å². The number of aromatic nitrogens is 4. The van der Waals surface area contributed by atoms with Crippen LogP contribution in [0, 0.1) is 11.8 Å². The second-order valence-corrected chi connectivity index (χ2v) is 11.7. The predicted octanol–water partition coefficient (Wildman–Crippen LogP) is 4.16. The van der Waals surface area contributed by atoms with Crippen LogP contribution in [-0.2, 0) is 22.8 Å². The van der Waals surface area contributed by atoms with Gasteiger partial charge in [-0.25, -0.2) is 17.8 Å². The van der Waals surface area contributed by atoms with Crippen molar-refractivity contribution in [1.29, 1.82) is 0 Å². The van der Waals surface area contributed by atoms with E-state index in [4.69, 9.17) is 4.74 Å². The number of likely N-dealkylation sites (N-methyl/N-ethyl adjacent to an activating group) is 1. The first-order valence-electron chi connectivity index (χ1n) is 12.4. The highest BCUT2D eigenvalue weighted by Gasteiger charge is 2.33.